The van der Waals surface area contributed by atoms with Crippen molar-refractivity contribution in [1.29, 1.82) is 0 Å². The number of allylic oxidation sites excluding steroid dienone is 4. The van der Waals surface area contributed by atoms with Crippen molar-refractivity contribution in [2.45, 2.75) is 91.6 Å². The molecule has 0 aliphatic heterocycles. The lowest BCUT2D eigenvalue weighted by atomic mass is 9.65. The summed E-state index contributed by atoms with van der Waals surface area (Å²) in [4.78, 5) is 26.0. The molecule has 0 saturated carbocycles. The Morgan fingerprint density at radius 3 is 1.45 bits per heavy atom. The van der Waals surface area contributed by atoms with Crippen molar-refractivity contribution >= 4 is 35.1 Å². The molecule has 2 aliphatic rings. The molecule has 2 aliphatic carbocycles. The first kappa shape index (κ1) is 33.6. The van der Waals surface area contributed by atoms with Crippen LogP contribution in [0.3, 0.4) is 0 Å². The Bertz CT molecular complexity index is 737. The zero-order valence-corrected chi connectivity index (χ0v) is 26.9. The third kappa shape index (κ3) is 10.8. The van der Waals surface area contributed by atoms with Gasteiger partial charge in [0.25, 0.3) is 0 Å². The highest BCUT2D eigenvalue weighted by Gasteiger charge is 2.40. The van der Waals surface area contributed by atoms with Gasteiger partial charge in [-0.15, -0.1) is 0 Å². The van der Waals surface area contributed by atoms with E-state index >= 15 is 0 Å². The largest absolute Gasteiger partial charge is 0.378 e. The molecule has 4 nitrogen and oxygen atoms in total. The molecule has 0 bridgehead atoms. The highest BCUT2D eigenvalue weighted by atomic mass is 32.2. The van der Waals surface area contributed by atoms with Crippen molar-refractivity contribution in [2.24, 2.45) is 34.5 Å². The predicted octanol–water partition coefficient (Wildman–Crippen LogP) is 7.66. The quantitative estimate of drug-likeness (QED) is 0.133. The van der Waals surface area contributed by atoms with Crippen LogP contribution in [0.25, 0.3) is 0 Å². The van der Waals surface area contributed by atoms with Crippen LogP contribution in [0.15, 0.2) is 24.3 Å². The van der Waals surface area contributed by atoms with Crippen molar-refractivity contribution in [3.05, 3.63) is 24.3 Å². The Morgan fingerprint density at radius 2 is 1.11 bits per heavy atom. The first-order valence-electron chi connectivity index (χ1n) is 14.6. The molecule has 0 amide bonds. The molecule has 0 saturated heterocycles. The summed E-state index contributed by atoms with van der Waals surface area (Å²) in [5.74, 6) is 3.49. The maximum absolute atomic E-state index is 13.0. The molecule has 0 aromatic rings. The van der Waals surface area contributed by atoms with E-state index in [1.54, 1.807) is 0 Å². The van der Waals surface area contributed by atoms with E-state index in [-0.39, 0.29) is 22.7 Å². The number of hydrogen-bond acceptors (Lipinski definition) is 6. The average molecular weight is 567 g/mol. The van der Waals surface area contributed by atoms with Gasteiger partial charge in [-0.25, -0.2) is 0 Å². The SMILES string of the molecule is CC(CC(=O)C1C(C)C=CCC1(C)C)SCCOCCOCCSC(C)CC(=O)C1C(C)C=CCC1(C)C. The van der Waals surface area contributed by atoms with Gasteiger partial charge in [0.05, 0.1) is 26.4 Å². The van der Waals surface area contributed by atoms with Crippen LogP contribution in [0.4, 0.5) is 0 Å². The summed E-state index contributed by atoms with van der Waals surface area (Å²) in [5.41, 5.74) is 0.102. The molecule has 0 heterocycles. The molecule has 0 radical (unpaired) electrons. The number of Topliss-reactive ketones (excluding diaryl/α,β-unsaturated/α-hetero) is 2. The molecule has 2 rings (SSSR count). The smallest absolute Gasteiger partial charge is 0.138 e. The number of ether oxygens (including phenoxy) is 2. The van der Waals surface area contributed by atoms with Gasteiger partial charge in [0.15, 0.2) is 0 Å². The highest BCUT2D eigenvalue weighted by Crippen LogP contribution is 2.43. The minimum Gasteiger partial charge on any atom is -0.378 e. The molecule has 0 fully saturated rings. The van der Waals surface area contributed by atoms with Crippen LogP contribution in [0.2, 0.25) is 0 Å². The number of rotatable bonds is 17. The lowest BCUT2D eigenvalue weighted by Crippen LogP contribution is -2.38. The second-order valence-electron chi connectivity index (χ2n) is 12.8. The molecule has 218 valence electrons. The number of carbonyl (C=O) groups is 2. The van der Waals surface area contributed by atoms with E-state index in [0.29, 0.717) is 73.2 Å². The summed E-state index contributed by atoms with van der Waals surface area (Å²) >= 11 is 3.64. The summed E-state index contributed by atoms with van der Waals surface area (Å²) < 4.78 is 11.5. The van der Waals surface area contributed by atoms with Gasteiger partial charge in [-0.2, -0.15) is 23.5 Å². The molecule has 0 aromatic heterocycles. The topological polar surface area (TPSA) is 52.6 Å². The monoisotopic (exact) mass is 566 g/mol. The van der Waals surface area contributed by atoms with Gasteiger partial charge in [-0.05, 0) is 35.5 Å². The minimum atomic E-state index is 0.0510. The standard InChI is InChI=1S/C32H54O4S2/c1-23-11-9-13-31(5,6)29(23)27(33)21-25(3)37-19-17-35-15-16-36-18-20-38-26(4)22-28(34)30-24(2)12-10-14-32(30,7)8/h9-12,23-26,29-30H,13-22H2,1-8H3. The molecule has 6 atom stereocenters. The lowest BCUT2D eigenvalue weighted by Gasteiger charge is -2.39. The van der Waals surface area contributed by atoms with E-state index in [4.69, 9.17) is 9.47 Å². The Labute approximate surface area is 241 Å². The molecular weight excluding hydrogens is 512 g/mol. The number of hydrogen-bond donors (Lipinski definition) is 0. The highest BCUT2D eigenvalue weighted by molar-refractivity contribution is 8.00. The van der Waals surface area contributed by atoms with Crippen molar-refractivity contribution in [3.8, 4) is 0 Å². The van der Waals surface area contributed by atoms with Crippen LogP contribution in [0, 0.1) is 34.5 Å². The normalized spacial score (nSPS) is 27.7. The first-order valence-corrected chi connectivity index (χ1v) is 16.7. The van der Waals surface area contributed by atoms with Gasteiger partial charge < -0.3 is 9.47 Å². The summed E-state index contributed by atoms with van der Waals surface area (Å²) in [7, 11) is 0. The van der Waals surface area contributed by atoms with E-state index in [2.05, 4.69) is 79.7 Å². The Hall–Kier alpha value is -0.560. The fourth-order valence-electron chi connectivity index (χ4n) is 6.41. The lowest BCUT2D eigenvalue weighted by molar-refractivity contribution is -0.129. The van der Waals surface area contributed by atoms with Gasteiger partial charge in [0.1, 0.15) is 11.6 Å². The van der Waals surface area contributed by atoms with E-state index in [0.717, 1.165) is 24.3 Å². The van der Waals surface area contributed by atoms with Crippen LogP contribution in [-0.4, -0.2) is 60.0 Å². The first-order chi connectivity index (χ1) is 17.8. The van der Waals surface area contributed by atoms with E-state index in [1.165, 1.54) is 0 Å². The number of thioether (sulfide) groups is 2. The van der Waals surface area contributed by atoms with Gasteiger partial charge >= 0.3 is 0 Å². The number of ketones is 2. The fourth-order valence-corrected chi connectivity index (χ4v) is 8.20. The maximum Gasteiger partial charge on any atom is 0.138 e. The maximum atomic E-state index is 13.0. The van der Waals surface area contributed by atoms with Gasteiger partial charge in [-0.1, -0.05) is 79.7 Å². The molecule has 0 N–H and O–H groups in total. The van der Waals surface area contributed by atoms with Gasteiger partial charge in [0.2, 0.25) is 0 Å². The van der Waals surface area contributed by atoms with Crippen LogP contribution < -0.4 is 0 Å². The molecule has 38 heavy (non-hydrogen) atoms. The van der Waals surface area contributed by atoms with Crippen LogP contribution in [0.5, 0.6) is 0 Å². The van der Waals surface area contributed by atoms with Crippen LogP contribution in [-0.2, 0) is 19.1 Å². The molecule has 6 heteroatoms. The third-order valence-electron chi connectivity index (χ3n) is 8.21. The summed E-state index contributed by atoms with van der Waals surface area (Å²) in [6, 6.07) is 0. The fraction of sp³-hybridized carbons (Fsp3) is 0.812. The van der Waals surface area contributed by atoms with Crippen molar-refractivity contribution in [2.75, 3.05) is 37.9 Å². The molecular formula is C32H54O4S2. The summed E-state index contributed by atoms with van der Waals surface area (Å²) in [5, 5.41) is 0.622. The third-order valence-corrected chi connectivity index (χ3v) is 10.5. The van der Waals surface area contributed by atoms with E-state index in [1.807, 2.05) is 23.5 Å². The van der Waals surface area contributed by atoms with Gasteiger partial charge in [0, 0.05) is 46.7 Å². The van der Waals surface area contributed by atoms with Crippen LogP contribution >= 0.6 is 23.5 Å². The Kier molecular flexibility index (Phi) is 14.2. The summed E-state index contributed by atoms with van der Waals surface area (Å²) in [6.07, 6.45) is 12.1. The van der Waals surface area contributed by atoms with Crippen molar-refractivity contribution < 1.29 is 19.1 Å². The zero-order chi connectivity index (χ0) is 28.3. The zero-order valence-electron chi connectivity index (χ0n) is 25.3. The number of carbonyl (C=O) groups excluding carboxylic acids is 2. The second kappa shape index (κ2) is 16.0. The van der Waals surface area contributed by atoms with Crippen molar-refractivity contribution in [1.82, 2.24) is 0 Å². The molecule has 0 aromatic carbocycles. The van der Waals surface area contributed by atoms with E-state index < -0.39 is 0 Å². The molecule has 6 unspecified atom stereocenters. The summed E-state index contributed by atoms with van der Waals surface area (Å²) in [6.45, 7) is 20.1. The second-order valence-corrected chi connectivity index (χ2v) is 15.9. The Balaban J connectivity index is 1.49. The van der Waals surface area contributed by atoms with Crippen LogP contribution in [0.1, 0.15) is 81.1 Å². The minimum absolute atomic E-state index is 0.0510. The Morgan fingerprint density at radius 1 is 0.737 bits per heavy atom. The van der Waals surface area contributed by atoms with Crippen molar-refractivity contribution in [3.63, 3.8) is 0 Å². The predicted molar refractivity (Wildman–Crippen MR) is 165 cm³/mol. The van der Waals surface area contributed by atoms with Gasteiger partial charge in [-0.3, -0.25) is 9.59 Å². The molecule has 0 spiro atoms. The van der Waals surface area contributed by atoms with E-state index in [9.17, 15) is 9.59 Å². The average Bonchev–Trinajstić information content (AvgIpc) is 2.78.